The summed E-state index contributed by atoms with van der Waals surface area (Å²) in [5, 5.41) is 16.4. The van der Waals surface area contributed by atoms with E-state index in [0.29, 0.717) is 16.8 Å². The highest BCUT2D eigenvalue weighted by Crippen LogP contribution is 2.41. The fraction of sp³-hybridized carbons (Fsp3) is 0.368. The maximum atomic E-state index is 13.1. The highest BCUT2D eigenvalue weighted by atomic mass is 19.1. The van der Waals surface area contributed by atoms with Crippen molar-refractivity contribution < 1.29 is 28.6 Å². The lowest BCUT2D eigenvalue weighted by Gasteiger charge is -2.28. The number of hydrogen-bond donors (Lipinski definition) is 2. The smallest absolute Gasteiger partial charge is 0.436 e. The van der Waals surface area contributed by atoms with Gasteiger partial charge in [0, 0.05) is 5.56 Å². The summed E-state index contributed by atoms with van der Waals surface area (Å²) in [5.74, 6) is -0.804. The average molecular weight is 404 g/mol. The number of carbonyl (C=O) groups excluding carboxylic acids is 2. The van der Waals surface area contributed by atoms with Crippen molar-refractivity contribution in [1.29, 1.82) is 0 Å². The van der Waals surface area contributed by atoms with Gasteiger partial charge >= 0.3 is 12.2 Å². The fourth-order valence-electron chi connectivity index (χ4n) is 3.29. The molecular weight excluding hydrogens is 383 g/mol. The molecule has 0 saturated heterocycles. The molecule has 0 radical (unpaired) electrons. The Hall–Kier alpha value is -3.43. The molecule has 2 amide bonds. The number of amides is 2. The van der Waals surface area contributed by atoms with Crippen LogP contribution in [0.1, 0.15) is 37.6 Å². The Morgan fingerprint density at radius 3 is 2.52 bits per heavy atom. The first-order valence-corrected chi connectivity index (χ1v) is 8.99. The lowest BCUT2D eigenvalue weighted by molar-refractivity contribution is -0.115. The molecule has 2 N–H and O–H groups in total. The van der Waals surface area contributed by atoms with Crippen LogP contribution in [0, 0.1) is 5.82 Å². The third-order valence-corrected chi connectivity index (χ3v) is 4.76. The van der Waals surface area contributed by atoms with E-state index in [1.165, 1.54) is 29.2 Å². The van der Waals surface area contributed by atoms with E-state index in [4.69, 9.17) is 4.74 Å². The minimum atomic E-state index is -1.14. The van der Waals surface area contributed by atoms with Crippen LogP contribution >= 0.6 is 0 Å². The van der Waals surface area contributed by atoms with Crippen molar-refractivity contribution in [2.45, 2.75) is 39.3 Å². The molecule has 0 unspecified atom stereocenters. The van der Waals surface area contributed by atoms with E-state index in [9.17, 15) is 23.9 Å². The highest BCUT2D eigenvalue weighted by Gasteiger charge is 2.46. The summed E-state index contributed by atoms with van der Waals surface area (Å²) in [6, 6.07) is 5.46. The van der Waals surface area contributed by atoms with E-state index < -0.39 is 29.4 Å². The number of hydrogen-bond acceptors (Lipinski definition) is 5. The van der Waals surface area contributed by atoms with Crippen molar-refractivity contribution in [3.05, 3.63) is 46.9 Å². The van der Waals surface area contributed by atoms with Crippen molar-refractivity contribution in [1.82, 2.24) is 14.7 Å². The second-order valence-corrected chi connectivity index (χ2v) is 7.07. The van der Waals surface area contributed by atoms with Crippen molar-refractivity contribution in [2.24, 2.45) is 0 Å². The van der Waals surface area contributed by atoms with E-state index in [1.807, 2.05) is 0 Å². The molecule has 1 aliphatic heterocycles. The van der Waals surface area contributed by atoms with Crippen LogP contribution in [-0.4, -0.2) is 44.5 Å². The van der Waals surface area contributed by atoms with Gasteiger partial charge in [-0.25, -0.2) is 14.0 Å². The van der Waals surface area contributed by atoms with Crippen molar-refractivity contribution in [3.63, 3.8) is 0 Å². The first-order chi connectivity index (χ1) is 13.6. The number of rotatable bonds is 4. The third kappa shape index (κ3) is 3.78. The van der Waals surface area contributed by atoms with E-state index in [2.05, 4.69) is 10.4 Å². The SMILES string of the molecule is CCOC(=O)n1nc2c(c1NC(=O)Cc1ccc(F)cc1)CN(C(=O)O)C2(C)C. The number of benzene rings is 1. The second kappa shape index (κ2) is 7.53. The minimum Gasteiger partial charge on any atom is -0.465 e. The Morgan fingerprint density at radius 2 is 1.93 bits per heavy atom. The number of halogens is 1. The molecule has 3 rings (SSSR count). The molecule has 0 atom stereocenters. The van der Waals surface area contributed by atoms with Gasteiger partial charge in [0.25, 0.3) is 0 Å². The van der Waals surface area contributed by atoms with Crippen molar-refractivity contribution in [2.75, 3.05) is 11.9 Å². The molecule has 29 heavy (non-hydrogen) atoms. The number of ether oxygens (including phenoxy) is 1. The number of nitrogens with one attached hydrogen (secondary N) is 1. The molecule has 1 aromatic heterocycles. The zero-order valence-electron chi connectivity index (χ0n) is 16.2. The number of fused-ring (bicyclic) bond motifs is 1. The minimum absolute atomic E-state index is 0.0385. The van der Waals surface area contributed by atoms with Crippen LogP contribution in [0.3, 0.4) is 0 Å². The quantitative estimate of drug-likeness (QED) is 0.810. The normalized spacial score (nSPS) is 14.4. The Bertz CT molecular complexity index is 968. The number of anilines is 1. The van der Waals surface area contributed by atoms with Crippen LogP contribution in [0.25, 0.3) is 0 Å². The first-order valence-electron chi connectivity index (χ1n) is 8.99. The molecule has 2 heterocycles. The average Bonchev–Trinajstić information content (AvgIpc) is 3.12. The zero-order chi connectivity index (χ0) is 21.3. The van der Waals surface area contributed by atoms with Gasteiger partial charge in [0.1, 0.15) is 11.6 Å². The van der Waals surface area contributed by atoms with E-state index >= 15 is 0 Å². The molecule has 0 saturated carbocycles. The van der Waals surface area contributed by atoms with Crippen LogP contribution in [0.5, 0.6) is 0 Å². The van der Waals surface area contributed by atoms with Crippen LogP contribution < -0.4 is 5.32 Å². The topological polar surface area (TPSA) is 114 Å². The van der Waals surface area contributed by atoms with Gasteiger partial charge in [-0.05, 0) is 38.5 Å². The monoisotopic (exact) mass is 404 g/mol. The number of carboxylic acid groups (broad SMARTS) is 1. The molecule has 2 aromatic rings. The molecule has 0 fully saturated rings. The van der Waals surface area contributed by atoms with Gasteiger partial charge in [-0.2, -0.15) is 5.10 Å². The maximum absolute atomic E-state index is 13.1. The second-order valence-electron chi connectivity index (χ2n) is 7.07. The van der Waals surface area contributed by atoms with Crippen LogP contribution in [0.15, 0.2) is 24.3 Å². The summed E-state index contributed by atoms with van der Waals surface area (Å²) in [4.78, 5) is 37.6. The van der Waals surface area contributed by atoms with Crippen molar-refractivity contribution in [3.8, 4) is 0 Å². The first kappa shape index (κ1) is 20.3. The molecule has 0 bridgehead atoms. The van der Waals surface area contributed by atoms with Gasteiger partial charge in [0.15, 0.2) is 0 Å². The third-order valence-electron chi connectivity index (χ3n) is 4.76. The van der Waals surface area contributed by atoms with Crippen LogP contribution in [0.4, 0.5) is 19.8 Å². The molecule has 9 nitrogen and oxygen atoms in total. The molecule has 1 aromatic carbocycles. The van der Waals surface area contributed by atoms with Crippen LogP contribution in [0.2, 0.25) is 0 Å². The summed E-state index contributed by atoms with van der Waals surface area (Å²) in [6.45, 7) is 5.04. The van der Waals surface area contributed by atoms with E-state index in [0.717, 1.165) is 4.68 Å². The summed E-state index contributed by atoms with van der Waals surface area (Å²) < 4.78 is 19.0. The standard InChI is InChI=1S/C19H21FN4O5/c1-4-29-18(28)24-16(21-14(25)9-11-5-7-12(20)8-6-11)13-10-23(17(26)27)19(2,3)15(13)22-24/h5-8H,4,9-10H2,1-3H3,(H,21,25)(H,26,27). The Balaban J connectivity index is 1.94. The lowest BCUT2D eigenvalue weighted by atomic mass is 10.0. The van der Waals surface area contributed by atoms with Gasteiger partial charge in [0.2, 0.25) is 5.91 Å². The van der Waals surface area contributed by atoms with Crippen LogP contribution in [-0.2, 0) is 28.0 Å². The zero-order valence-corrected chi connectivity index (χ0v) is 16.2. The number of aromatic nitrogens is 2. The summed E-state index contributed by atoms with van der Waals surface area (Å²) in [5.41, 5.74) is 0.383. The van der Waals surface area contributed by atoms with E-state index in [-0.39, 0.29) is 25.4 Å². The largest absolute Gasteiger partial charge is 0.465 e. The fourth-order valence-corrected chi connectivity index (χ4v) is 3.29. The number of nitrogens with zero attached hydrogens (tertiary/aromatic N) is 3. The Morgan fingerprint density at radius 1 is 1.28 bits per heavy atom. The highest BCUT2D eigenvalue weighted by molar-refractivity contribution is 5.94. The molecular formula is C19H21FN4O5. The van der Waals surface area contributed by atoms with Gasteiger partial charge in [-0.1, -0.05) is 12.1 Å². The molecule has 10 heteroatoms. The molecule has 0 aliphatic carbocycles. The predicted molar refractivity (Wildman–Crippen MR) is 100.0 cm³/mol. The molecule has 154 valence electrons. The Labute approximate surface area is 166 Å². The summed E-state index contributed by atoms with van der Waals surface area (Å²) >= 11 is 0. The van der Waals surface area contributed by atoms with E-state index in [1.54, 1.807) is 20.8 Å². The molecule has 0 spiro atoms. The van der Waals surface area contributed by atoms with Gasteiger partial charge < -0.3 is 15.2 Å². The maximum Gasteiger partial charge on any atom is 0.436 e. The van der Waals surface area contributed by atoms with Crippen molar-refractivity contribution >= 4 is 23.9 Å². The summed E-state index contributed by atoms with van der Waals surface area (Å²) in [7, 11) is 0. The number of carbonyl (C=O) groups is 3. The van der Waals surface area contributed by atoms with Gasteiger partial charge in [0.05, 0.1) is 30.8 Å². The summed E-state index contributed by atoms with van der Waals surface area (Å²) in [6.07, 6.45) is -1.98. The van der Waals surface area contributed by atoms with Gasteiger partial charge in [-0.3, -0.25) is 9.69 Å². The Kier molecular flexibility index (Phi) is 5.27. The predicted octanol–water partition coefficient (Wildman–Crippen LogP) is 2.94. The molecule has 1 aliphatic rings. The van der Waals surface area contributed by atoms with Gasteiger partial charge in [-0.15, -0.1) is 4.68 Å². The lowest BCUT2D eigenvalue weighted by Crippen LogP contribution is -2.40.